The fourth-order valence-electron chi connectivity index (χ4n) is 3.11. The van der Waals surface area contributed by atoms with E-state index in [1.54, 1.807) is 45.2 Å². The molecule has 10 nitrogen and oxygen atoms in total. The third-order valence-corrected chi connectivity index (χ3v) is 6.62. The van der Waals surface area contributed by atoms with Gasteiger partial charge in [-0.1, -0.05) is 0 Å². The smallest absolute Gasteiger partial charge is 0.277 e. The second kappa shape index (κ2) is 11.2. The second-order valence-electron chi connectivity index (χ2n) is 7.98. The molecule has 11 heteroatoms. The van der Waals surface area contributed by atoms with Crippen molar-refractivity contribution in [3.8, 4) is 17.2 Å². The number of amides is 1. The Kier molecular flexibility index (Phi) is 8.50. The van der Waals surface area contributed by atoms with Gasteiger partial charge in [0, 0.05) is 7.11 Å². The number of hydrogen-bond acceptors (Lipinski definition) is 9. The van der Waals surface area contributed by atoms with Crippen LogP contribution in [-0.2, 0) is 28.8 Å². The van der Waals surface area contributed by atoms with Gasteiger partial charge in [-0.2, -0.15) is 0 Å². The molecule has 34 heavy (non-hydrogen) atoms. The molecule has 1 fully saturated rings. The van der Waals surface area contributed by atoms with Crippen LogP contribution in [0.5, 0.6) is 17.2 Å². The summed E-state index contributed by atoms with van der Waals surface area (Å²) in [4.78, 5) is 12.3. The molecule has 1 aliphatic heterocycles. The van der Waals surface area contributed by atoms with E-state index >= 15 is 0 Å². The van der Waals surface area contributed by atoms with Crippen LogP contribution in [0.4, 0.5) is 0 Å². The van der Waals surface area contributed by atoms with Gasteiger partial charge in [-0.15, -0.1) is 0 Å². The number of hydrogen-bond donors (Lipinski definition) is 1. The molecule has 2 aromatic rings. The zero-order valence-electron chi connectivity index (χ0n) is 19.3. The van der Waals surface area contributed by atoms with Crippen molar-refractivity contribution in [1.29, 1.82) is 0 Å². The summed E-state index contributed by atoms with van der Waals surface area (Å²) in [6.07, 6.45) is -0.981. The van der Waals surface area contributed by atoms with Gasteiger partial charge in [0.25, 0.3) is 5.91 Å². The van der Waals surface area contributed by atoms with Gasteiger partial charge >= 0.3 is 0 Å². The lowest BCUT2D eigenvalue weighted by Crippen LogP contribution is -2.41. The van der Waals surface area contributed by atoms with E-state index in [0.29, 0.717) is 35.5 Å². The Morgan fingerprint density at radius 1 is 1.06 bits per heavy atom. The maximum atomic E-state index is 12.6. The lowest BCUT2D eigenvalue weighted by molar-refractivity contribution is -0.184. The molecule has 186 valence electrons. The van der Waals surface area contributed by atoms with Gasteiger partial charge in [-0.25, -0.2) is 13.5 Å². The van der Waals surface area contributed by atoms with Crippen LogP contribution in [0.1, 0.15) is 13.8 Å². The van der Waals surface area contributed by atoms with Crippen LogP contribution in [0, 0.1) is 0 Å². The molecule has 3 rings (SSSR count). The van der Waals surface area contributed by atoms with E-state index in [1.807, 2.05) is 0 Å². The highest BCUT2D eigenvalue weighted by Gasteiger charge is 2.39. The van der Waals surface area contributed by atoms with E-state index in [-0.39, 0.29) is 11.5 Å². The van der Waals surface area contributed by atoms with E-state index in [4.69, 9.17) is 23.7 Å². The first-order valence-corrected chi connectivity index (χ1v) is 12.3. The predicted molar refractivity (Wildman–Crippen MR) is 121 cm³/mol. The summed E-state index contributed by atoms with van der Waals surface area (Å²) >= 11 is 0. The highest BCUT2D eigenvalue weighted by atomic mass is 32.2. The van der Waals surface area contributed by atoms with E-state index in [1.165, 1.54) is 24.3 Å². The number of sulfone groups is 1. The Morgan fingerprint density at radius 3 is 2.21 bits per heavy atom. The highest BCUT2D eigenvalue weighted by molar-refractivity contribution is 7.91. The first-order chi connectivity index (χ1) is 16.1. The minimum absolute atomic E-state index is 0.0132. The summed E-state index contributed by atoms with van der Waals surface area (Å²) in [6.45, 7) is 3.80. The first kappa shape index (κ1) is 25.9. The van der Waals surface area contributed by atoms with E-state index < -0.39 is 39.9 Å². The van der Waals surface area contributed by atoms with Gasteiger partial charge < -0.3 is 23.7 Å². The third-order valence-electron chi connectivity index (χ3n) is 4.91. The minimum Gasteiger partial charge on any atom is -0.491 e. The molecule has 1 heterocycles. The molecule has 0 aromatic heterocycles. The van der Waals surface area contributed by atoms with Crippen molar-refractivity contribution in [2.45, 2.75) is 30.6 Å². The Hall–Kier alpha value is -2.70. The van der Waals surface area contributed by atoms with Crippen LogP contribution in [0.15, 0.2) is 53.4 Å². The monoisotopic (exact) mass is 495 g/mol. The van der Waals surface area contributed by atoms with Gasteiger partial charge in [-0.05, 0) is 62.4 Å². The van der Waals surface area contributed by atoms with Crippen LogP contribution in [-0.4, -0.2) is 75.7 Å². The number of carbonyl (C=O) groups excluding carboxylic acids is 1. The fraction of sp³-hybridized carbons (Fsp3) is 0.435. The topological polar surface area (TPSA) is 121 Å². The van der Waals surface area contributed by atoms with Crippen LogP contribution in [0.2, 0.25) is 0 Å². The van der Waals surface area contributed by atoms with Crippen molar-refractivity contribution < 1.29 is 42.1 Å². The number of hydroxylamine groups is 2. The molecule has 1 aliphatic rings. The average molecular weight is 496 g/mol. The third kappa shape index (κ3) is 7.15. The SMILES string of the molecule is COCCOc1ccc(Oc2ccc(S(=O)(=O)CCN(O)C(=O)[C@@H]3COC(C)(C)O3)cc2)cc1. The molecule has 0 radical (unpaired) electrons. The van der Waals surface area contributed by atoms with Crippen molar-refractivity contribution >= 4 is 15.7 Å². The minimum atomic E-state index is -3.75. The number of benzene rings is 2. The maximum absolute atomic E-state index is 12.6. The van der Waals surface area contributed by atoms with Crippen LogP contribution >= 0.6 is 0 Å². The summed E-state index contributed by atoms with van der Waals surface area (Å²) in [5, 5.41) is 10.3. The molecule has 0 aliphatic carbocycles. The van der Waals surface area contributed by atoms with E-state index in [9.17, 15) is 18.4 Å². The highest BCUT2D eigenvalue weighted by Crippen LogP contribution is 2.26. The Labute approximate surface area is 198 Å². The lowest BCUT2D eigenvalue weighted by atomic mass is 10.3. The normalized spacial score (nSPS) is 17.4. The number of nitrogens with zero attached hydrogens (tertiary/aromatic N) is 1. The molecule has 0 saturated carbocycles. The van der Waals surface area contributed by atoms with E-state index in [0.717, 1.165) is 0 Å². The maximum Gasteiger partial charge on any atom is 0.277 e. The molecule has 2 aromatic carbocycles. The van der Waals surface area contributed by atoms with E-state index in [2.05, 4.69) is 0 Å². The number of methoxy groups -OCH3 is 1. The van der Waals surface area contributed by atoms with Crippen molar-refractivity contribution in [2.24, 2.45) is 0 Å². The first-order valence-electron chi connectivity index (χ1n) is 10.6. The zero-order chi connectivity index (χ0) is 24.8. The van der Waals surface area contributed by atoms with Crippen LogP contribution in [0.25, 0.3) is 0 Å². The van der Waals surface area contributed by atoms with Crippen LogP contribution in [0.3, 0.4) is 0 Å². The quantitative estimate of drug-likeness (QED) is 0.285. The fourth-order valence-corrected chi connectivity index (χ4v) is 4.31. The number of ether oxygens (including phenoxy) is 5. The Balaban J connectivity index is 1.52. The summed E-state index contributed by atoms with van der Waals surface area (Å²) in [6, 6.07) is 12.9. The molecular formula is C23H29NO9S. The molecule has 1 saturated heterocycles. The van der Waals surface area contributed by atoms with Gasteiger partial charge in [0.1, 0.15) is 23.9 Å². The van der Waals surface area contributed by atoms with Crippen molar-refractivity contribution in [3.05, 3.63) is 48.5 Å². The molecule has 1 N–H and O–H groups in total. The predicted octanol–water partition coefficient (Wildman–Crippen LogP) is 2.65. The summed E-state index contributed by atoms with van der Waals surface area (Å²) in [5.41, 5.74) is 0. The number of rotatable bonds is 11. The molecule has 0 spiro atoms. The number of carbonyl (C=O) groups is 1. The van der Waals surface area contributed by atoms with Gasteiger partial charge in [0.05, 0.1) is 30.4 Å². The van der Waals surface area contributed by atoms with Gasteiger partial charge in [-0.3, -0.25) is 10.0 Å². The Bertz CT molecular complexity index is 1050. The van der Waals surface area contributed by atoms with Crippen molar-refractivity contribution in [2.75, 3.05) is 39.2 Å². The molecule has 0 bridgehead atoms. The summed E-state index contributed by atoms with van der Waals surface area (Å²) in [7, 11) is -2.15. The summed E-state index contributed by atoms with van der Waals surface area (Å²) in [5.74, 6) is -0.455. The zero-order valence-corrected chi connectivity index (χ0v) is 20.1. The standard InChI is InChI=1S/C23H29NO9S/c1-23(2)31-16-21(33-23)22(25)24(26)12-15-34(27,28)20-10-8-19(9-11-20)32-18-6-4-17(5-7-18)30-14-13-29-3/h4-11,21,26H,12-16H2,1-3H3/t21-/m0/s1. The van der Waals surface area contributed by atoms with Gasteiger partial charge in [0.2, 0.25) is 0 Å². The second-order valence-corrected chi connectivity index (χ2v) is 10.1. The van der Waals surface area contributed by atoms with Crippen molar-refractivity contribution in [1.82, 2.24) is 5.06 Å². The molecule has 1 amide bonds. The van der Waals surface area contributed by atoms with Crippen LogP contribution < -0.4 is 9.47 Å². The lowest BCUT2D eigenvalue weighted by Gasteiger charge is -2.20. The molecular weight excluding hydrogens is 466 g/mol. The molecule has 1 atom stereocenters. The van der Waals surface area contributed by atoms with Crippen molar-refractivity contribution in [3.63, 3.8) is 0 Å². The average Bonchev–Trinajstić information content (AvgIpc) is 3.18. The van der Waals surface area contributed by atoms with Gasteiger partial charge in [0.15, 0.2) is 21.7 Å². The molecule has 0 unspecified atom stereocenters. The Morgan fingerprint density at radius 2 is 1.65 bits per heavy atom. The summed E-state index contributed by atoms with van der Waals surface area (Å²) < 4.78 is 52.1. The largest absolute Gasteiger partial charge is 0.491 e.